The van der Waals surface area contributed by atoms with Crippen molar-refractivity contribution in [2.45, 2.75) is 115 Å². The van der Waals surface area contributed by atoms with Gasteiger partial charge in [0, 0.05) is 24.2 Å². The molecule has 0 spiro atoms. The van der Waals surface area contributed by atoms with Crippen molar-refractivity contribution in [1.82, 2.24) is 16.0 Å². The largest absolute Gasteiger partial charge is 0.445 e. The third-order valence-electron chi connectivity index (χ3n) is 7.18. The zero-order chi connectivity index (χ0) is 31.1. The lowest BCUT2D eigenvalue weighted by Crippen LogP contribution is -2.47. The van der Waals surface area contributed by atoms with E-state index in [1.807, 2.05) is 81.4 Å². The molecule has 43 heavy (non-hydrogen) atoms. The molecule has 0 bridgehead atoms. The molecule has 236 valence electrons. The summed E-state index contributed by atoms with van der Waals surface area (Å²) in [5, 5.41) is 8.65. The Morgan fingerprint density at radius 1 is 0.674 bits per heavy atom. The highest BCUT2D eigenvalue weighted by atomic mass is 16.6. The van der Waals surface area contributed by atoms with Crippen LogP contribution in [0.1, 0.15) is 83.3 Å². The Morgan fingerprint density at radius 3 is 1.53 bits per heavy atom. The molecular formula is C33H48N4O6. The Kier molecular flexibility index (Phi) is 13.6. The highest BCUT2D eigenvalue weighted by Gasteiger charge is 2.27. The molecule has 2 aromatic rings. The Bertz CT molecular complexity index is 1130. The van der Waals surface area contributed by atoms with Gasteiger partial charge in [-0.15, -0.1) is 0 Å². The highest BCUT2D eigenvalue weighted by Crippen LogP contribution is 2.20. The van der Waals surface area contributed by atoms with Gasteiger partial charge in [-0.25, -0.2) is 14.4 Å². The van der Waals surface area contributed by atoms with Crippen molar-refractivity contribution >= 4 is 18.3 Å². The zero-order valence-corrected chi connectivity index (χ0v) is 25.7. The van der Waals surface area contributed by atoms with Gasteiger partial charge in [0.15, 0.2) is 0 Å². The first-order valence-corrected chi connectivity index (χ1v) is 15.3. The van der Waals surface area contributed by atoms with E-state index in [0.717, 1.165) is 56.1 Å². The van der Waals surface area contributed by atoms with Crippen molar-refractivity contribution in [3.63, 3.8) is 0 Å². The number of hydrogen-bond acceptors (Lipinski definition) is 7. The Labute approximate surface area is 255 Å². The van der Waals surface area contributed by atoms with Crippen LogP contribution < -0.4 is 21.7 Å². The predicted molar refractivity (Wildman–Crippen MR) is 165 cm³/mol. The van der Waals surface area contributed by atoms with E-state index in [9.17, 15) is 14.4 Å². The molecule has 0 aromatic heterocycles. The van der Waals surface area contributed by atoms with E-state index in [1.165, 1.54) is 0 Å². The fourth-order valence-corrected chi connectivity index (χ4v) is 5.15. The van der Waals surface area contributed by atoms with Crippen LogP contribution in [-0.2, 0) is 27.4 Å². The van der Waals surface area contributed by atoms with Crippen molar-refractivity contribution in [2.75, 3.05) is 0 Å². The highest BCUT2D eigenvalue weighted by molar-refractivity contribution is 5.69. The first-order valence-electron chi connectivity index (χ1n) is 15.3. The molecule has 0 aliphatic heterocycles. The van der Waals surface area contributed by atoms with E-state index in [-0.39, 0.29) is 36.9 Å². The van der Waals surface area contributed by atoms with Crippen LogP contribution in [0.3, 0.4) is 0 Å². The third kappa shape index (κ3) is 14.3. The van der Waals surface area contributed by atoms with Crippen LogP contribution in [0.15, 0.2) is 60.7 Å². The molecular weight excluding hydrogens is 548 g/mol. The van der Waals surface area contributed by atoms with Crippen molar-refractivity contribution in [3.8, 4) is 0 Å². The fourth-order valence-electron chi connectivity index (χ4n) is 5.15. The summed E-state index contributed by atoms with van der Waals surface area (Å²) in [6.45, 7) is 6.06. The Morgan fingerprint density at radius 2 is 1.09 bits per heavy atom. The minimum Gasteiger partial charge on any atom is -0.445 e. The summed E-state index contributed by atoms with van der Waals surface area (Å²) in [6.07, 6.45) is 6.17. The van der Waals surface area contributed by atoms with Crippen LogP contribution >= 0.6 is 0 Å². The van der Waals surface area contributed by atoms with Gasteiger partial charge in [0.2, 0.25) is 0 Å². The van der Waals surface area contributed by atoms with Gasteiger partial charge >= 0.3 is 18.3 Å². The summed E-state index contributed by atoms with van der Waals surface area (Å²) in [6, 6.07) is 19.6. The van der Waals surface area contributed by atoms with E-state index < -0.39 is 17.8 Å². The Hall–Kier alpha value is -3.79. The summed E-state index contributed by atoms with van der Waals surface area (Å²) in [5.41, 5.74) is 7.30. The number of hydrogen-bond donors (Lipinski definition) is 4. The Balaban J connectivity index is 0.000000248. The topological polar surface area (TPSA) is 141 Å². The van der Waals surface area contributed by atoms with Crippen LogP contribution in [-0.4, -0.2) is 48.0 Å². The van der Waals surface area contributed by atoms with E-state index in [1.54, 1.807) is 0 Å². The molecule has 10 heteroatoms. The molecule has 0 unspecified atom stereocenters. The fraction of sp³-hybridized carbons (Fsp3) is 0.545. The summed E-state index contributed by atoms with van der Waals surface area (Å²) < 4.78 is 15.7. The van der Waals surface area contributed by atoms with Gasteiger partial charge in [-0.05, 0) is 83.3 Å². The minimum atomic E-state index is -0.516. The molecule has 4 rings (SSSR count). The van der Waals surface area contributed by atoms with Crippen molar-refractivity contribution in [1.29, 1.82) is 0 Å². The van der Waals surface area contributed by atoms with E-state index in [2.05, 4.69) is 16.0 Å². The van der Waals surface area contributed by atoms with E-state index >= 15 is 0 Å². The average molecular weight is 597 g/mol. The second kappa shape index (κ2) is 17.4. The SMILES string of the molecule is CC(C)(C)OC(=O)N[C@H]1CCC[C@@H](NC(=O)OCc2ccccc2)C1.N[C@H]1CCC[C@@H](NC(=O)OCc2ccccc2)C1. The lowest BCUT2D eigenvalue weighted by molar-refractivity contribution is 0.0488. The molecule has 2 fully saturated rings. The second-order valence-corrected chi connectivity index (χ2v) is 12.2. The normalized spacial score (nSPS) is 21.7. The minimum absolute atomic E-state index is 0.00280. The number of benzene rings is 2. The molecule has 5 N–H and O–H groups in total. The second-order valence-electron chi connectivity index (χ2n) is 12.2. The number of amides is 3. The number of alkyl carbamates (subject to hydrolysis) is 3. The van der Waals surface area contributed by atoms with Gasteiger partial charge in [-0.2, -0.15) is 0 Å². The average Bonchev–Trinajstić information content (AvgIpc) is 2.96. The van der Waals surface area contributed by atoms with Crippen LogP contribution in [0, 0.1) is 0 Å². The number of nitrogens with one attached hydrogen (secondary N) is 3. The smallest absolute Gasteiger partial charge is 0.407 e. The maximum atomic E-state index is 12.0. The molecule has 0 radical (unpaired) electrons. The van der Waals surface area contributed by atoms with Gasteiger partial charge in [0.25, 0.3) is 0 Å². The molecule has 4 atom stereocenters. The summed E-state index contributed by atoms with van der Waals surface area (Å²) in [7, 11) is 0. The lowest BCUT2D eigenvalue weighted by Gasteiger charge is -2.30. The first kappa shape index (κ1) is 33.7. The van der Waals surface area contributed by atoms with Gasteiger partial charge < -0.3 is 35.9 Å². The molecule has 0 heterocycles. The maximum Gasteiger partial charge on any atom is 0.407 e. The van der Waals surface area contributed by atoms with Gasteiger partial charge in [0.1, 0.15) is 18.8 Å². The van der Waals surface area contributed by atoms with Crippen LogP contribution in [0.4, 0.5) is 14.4 Å². The van der Waals surface area contributed by atoms with Crippen molar-refractivity contribution < 1.29 is 28.6 Å². The maximum absolute atomic E-state index is 12.0. The number of nitrogens with two attached hydrogens (primary N) is 1. The van der Waals surface area contributed by atoms with Crippen molar-refractivity contribution in [2.24, 2.45) is 5.73 Å². The number of rotatable bonds is 7. The van der Waals surface area contributed by atoms with E-state index in [4.69, 9.17) is 19.9 Å². The van der Waals surface area contributed by atoms with Crippen molar-refractivity contribution in [3.05, 3.63) is 71.8 Å². The molecule has 2 saturated carbocycles. The quantitative estimate of drug-likeness (QED) is 0.290. The zero-order valence-electron chi connectivity index (χ0n) is 25.7. The monoisotopic (exact) mass is 596 g/mol. The molecule has 2 aliphatic rings. The van der Waals surface area contributed by atoms with Gasteiger partial charge in [-0.3, -0.25) is 0 Å². The van der Waals surface area contributed by atoms with Gasteiger partial charge in [0.05, 0.1) is 0 Å². The molecule has 2 aliphatic carbocycles. The molecule has 2 aromatic carbocycles. The van der Waals surface area contributed by atoms with Crippen LogP contribution in [0.5, 0.6) is 0 Å². The first-order chi connectivity index (χ1) is 20.6. The number of ether oxygens (including phenoxy) is 3. The summed E-state index contributed by atoms with van der Waals surface area (Å²) >= 11 is 0. The summed E-state index contributed by atoms with van der Waals surface area (Å²) in [5.74, 6) is 0. The van der Waals surface area contributed by atoms with E-state index in [0.29, 0.717) is 13.0 Å². The lowest BCUT2D eigenvalue weighted by atomic mass is 9.91. The predicted octanol–water partition coefficient (Wildman–Crippen LogP) is 5.93. The number of carbonyl (C=O) groups excluding carboxylic acids is 3. The third-order valence-corrected chi connectivity index (χ3v) is 7.18. The molecule has 3 amide bonds. The molecule has 10 nitrogen and oxygen atoms in total. The summed E-state index contributed by atoms with van der Waals surface area (Å²) in [4.78, 5) is 35.4. The standard InChI is InChI=1S/C19H28N2O4.C14H20N2O2/c1-19(2,3)25-18(23)21-16-11-7-10-15(12-16)20-17(22)24-13-14-8-5-4-6-9-14;15-12-7-4-8-13(9-12)16-14(17)18-10-11-5-2-1-3-6-11/h4-6,8-9,15-16H,7,10-13H2,1-3H3,(H,20,22)(H,21,23);1-3,5-6,12-13H,4,7-10,15H2,(H,16,17)/t15-,16+;12-,13+/m10/s1. The molecule has 0 saturated heterocycles. The van der Waals surface area contributed by atoms with Gasteiger partial charge in [-0.1, -0.05) is 60.7 Å². The van der Waals surface area contributed by atoms with Crippen LogP contribution in [0.25, 0.3) is 0 Å². The number of carbonyl (C=O) groups is 3. The van der Waals surface area contributed by atoms with Crippen LogP contribution in [0.2, 0.25) is 0 Å².